The van der Waals surface area contributed by atoms with E-state index >= 15 is 0 Å². The summed E-state index contributed by atoms with van der Waals surface area (Å²) in [7, 11) is 0. The molecule has 4 N–H and O–H groups in total. The summed E-state index contributed by atoms with van der Waals surface area (Å²) in [5.41, 5.74) is 6.52. The van der Waals surface area contributed by atoms with Gasteiger partial charge in [-0.25, -0.2) is 0 Å². The third-order valence-corrected chi connectivity index (χ3v) is 3.61. The number of aliphatic hydroxyl groups is 1. The molecule has 100 valence electrons. The molecule has 4 nitrogen and oxygen atoms in total. The Bertz CT molecular complexity index is 402. The van der Waals surface area contributed by atoms with Gasteiger partial charge in [0.1, 0.15) is 0 Å². The van der Waals surface area contributed by atoms with Crippen LogP contribution in [0.1, 0.15) is 16.8 Å². The van der Waals surface area contributed by atoms with Crippen molar-refractivity contribution in [3.63, 3.8) is 0 Å². The van der Waals surface area contributed by atoms with Crippen LogP contribution in [0.5, 0.6) is 0 Å². The molecule has 0 fully saturated rings. The molecular formula is C12H17ClN2O2S. The molecule has 0 aliphatic rings. The Hall–Kier alpha value is -0.910. The molecule has 0 heterocycles. The van der Waals surface area contributed by atoms with Crippen LogP contribution in [0.25, 0.3) is 0 Å². The number of nitrogens with two attached hydrogens (primary N) is 1. The summed E-state index contributed by atoms with van der Waals surface area (Å²) < 4.78 is 0. The van der Waals surface area contributed by atoms with Gasteiger partial charge < -0.3 is 16.2 Å². The summed E-state index contributed by atoms with van der Waals surface area (Å²) in [5.74, 6) is 1.49. The van der Waals surface area contributed by atoms with Gasteiger partial charge in [-0.2, -0.15) is 11.8 Å². The lowest BCUT2D eigenvalue weighted by Crippen LogP contribution is -2.26. The number of rotatable bonds is 7. The second-order valence-electron chi connectivity index (χ2n) is 3.68. The van der Waals surface area contributed by atoms with Crippen molar-refractivity contribution >= 4 is 35.0 Å². The first-order chi connectivity index (χ1) is 8.65. The van der Waals surface area contributed by atoms with E-state index in [4.69, 9.17) is 22.4 Å². The van der Waals surface area contributed by atoms with E-state index < -0.39 is 0 Å². The molecule has 1 rings (SSSR count). The zero-order chi connectivity index (χ0) is 13.4. The van der Waals surface area contributed by atoms with E-state index in [2.05, 4.69) is 5.32 Å². The van der Waals surface area contributed by atoms with E-state index in [-0.39, 0.29) is 12.5 Å². The van der Waals surface area contributed by atoms with Gasteiger partial charge in [0.15, 0.2) is 0 Å². The molecule has 0 aliphatic heterocycles. The summed E-state index contributed by atoms with van der Waals surface area (Å²) in [6.07, 6.45) is 0.777. The fraction of sp³-hybridized carbons (Fsp3) is 0.417. The molecule has 1 aromatic rings. The standard InChI is InChI=1S/C12H17ClN2O2S/c13-11-3-2-9(14)8-10(11)12(17)15-4-7-18-6-1-5-16/h2-3,8,16H,1,4-7,14H2,(H,15,17). The van der Waals surface area contributed by atoms with Crippen LogP contribution in [0.3, 0.4) is 0 Å². The van der Waals surface area contributed by atoms with Crippen molar-refractivity contribution in [3.8, 4) is 0 Å². The number of thioether (sulfide) groups is 1. The van der Waals surface area contributed by atoms with E-state index in [0.29, 0.717) is 22.8 Å². The third kappa shape index (κ3) is 5.16. The maximum Gasteiger partial charge on any atom is 0.252 e. The smallest absolute Gasteiger partial charge is 0.252 e. The number of aliphatic hydroxyl groups excluding tert-OH is 1. The number of carbonyl (C=O) groups is 1. The number of benzene rings is 1. The second-order valence-corrected chi connectivity index (χ2v) is 5.32. The Morgan fingerprint density at radius 1 is 1.44 bits per heavy atom. The lowest BCUT2D eigenvalue weighted by atomic mass is 10.2. The lowest BCUT2D eigenvalue weighted by Gasteiger charge is -2.07. The van der Waals surface area contributed by atoms with E-state index in [0.717, 1.165) is 17.9 Å². The number of hydrogen-bond acceptors (Lipinski definition) is 4. The molecule has 0 aliphatic carbocycles. The highest BCUT2D eigenvalue weighted by atomic mass is 35.5. The largest absolute Gasteiger partial charge is 0.399 e. The first kappa shape index (κ1) is 15.1. The number of halogens is 1. The quantitative estimate of drug-likeness (QED) is 0.528. The highest BCUT2D eigenvalue weighted by Crippen LogP contribution is 2.18. The summed E-state index contributed by atoms with van der Waals surface area (Å²) in [4.78, 5) is 11.8. The number of nitrogen functional groups attached to an aromatic ring is 1. The summed E-state index contributed by atoms with van der Waals surface area (Å²) >= 11 is 7.61. The fourth-order valence-corrected chi connectivity index (χ4v) is 2.30. The van der Waals surface area contributed by atoms with Crippen LogP contribution in [0.15, 0.2) is 18.2 Å². The minimum atomic E-state index is -0.213. The molecular weight excluding hydrogens is 272 g/mol. The normalized spacial score (nSPS) is 10.3. The van der Waals surface area contributed by atoms with E-state index in [9.17, 15) is 4.79 Å². The molecule has 1 amide bonds. The maximum atomic E-state index is 11.8. The average molecular weight is 289 g/mol. The van der Waals surface area contributed by atoms with Crippen molar-refractivity contribution < 1.29 is 9.90 Å². The molecule has 1 aromatic carbocycles. The summed E-state index contributed by atoms with van der Waals surface area (Å²) in [6.45, 7) is 0.776. The SMILES string of the molecule is Nc1ccc(Cl)c(C(=O)NCCSCCCO)c1. The molecule has 0 saturated heterocycles. The van der Waals surface area contributed by atoms with E-state index in [1.807, 2.05) is 0 Å². The number of nitrogens with one attached hydrogen (secondary N) is 1. The van der Waals surface area contributed by atoms with Gasteiger partial charge in [-0.3, -0.25) is 4.79 Å². The van der Waals surface area contributed by atoms with Gasteiger partial charge in [0.05, 0.1) is 10.6 Å². The predicted molar refractivity (Wildman–Crippen MR) is 77.2 cm³/mol. The Morgan fingerprint density at radius 3 is 2.94 bits per heavy atom. The van der Waals surface area contributed by atoms with E-state index in [1.165, 1.54) is 0 Å². The molecule has 6 heteroatoms. The molecule has 0 unspecified atom stereocenters. The first-order valence-electron chi connectivity index (χ1n) is 5.67. The molecule has 0 radical (unpaired) electrons. The highest BCUT2D eigenvalue weighted by molar-refractivity contribution is 7.99. The molecule has 0 aromatic heterocycles. The van der Waals surface area contributed by atoms with Gasteiger partial charge in [0.25, 0.3) is 5.91 Å². The second kappa shape index (κ2) is 8.24. The molecule has 0 spiro atoms. The molecule has 0 bridgehead atoms. The number of anilines is 1. The van der Waals surface area contributed by atoms with Crippen LogP contribution in [0.2, 0.25) is 5.02 Å². The Morgan fingerprint density at radius 2 is 2.22 bits per heavy atom. The van der Waals surface area contributed by atoms with Crippen molar-refractivity contribution in [3.05, 3.63) is 28.8 Å². The molecule has 18 heavy (non-hydrogen) atoms. The van der Waals surface area contributed by atoms with Crippen molar-refractivity contribution in [1.29, 1.82) is 0 Å². The van der Waals surface area contributed by atoms with Crippen molar-refractivity contribution in [2.45, 2.75) is 6.42 Å². The molecule has 0 atom stereocenters. The van der Waals surface area contributed by atoms with E-state index in [1.54, 1.807) is 30.0 Å². The van der Waals surface area contributed by atoms with Gasteiger partial charge in [0, 0.05) is 24.6 Å². The van der Waals surface area contributed by atoms with Crippen LogP contribution in [-0.2, 0) is 0 Å². The van der Waals surface area contributed by atoms with Gasteiger partial charge in [-0.05, 0) is 30.4 Å². The van der Waals surface area contributed by atoms with Crippen molar-refractivity contribution in [1.82, 2.24) is 5.32 Å². The van der Waals surface area contributed by atoms with Crippen LogP contribution in [0.4, 0.5) is 5.69 Å². The third-order valence-electron chi connectivity index (χ3n) is 2.21. The van der Waals surface area contributed by atoms with Crippen LogP contribution >= 0.6 is 23.4 Å². The maximum absolute atomic E-state index is 11.8. The molecule has 0 saturated carbocycles. The first-order valence-corrected chi connectivity index (χ1v) is 7.20. The monoisotopic (exact) mass is 288 g/mol. The van der Waals surface area contributed by atoms with Crippen LogP contribution in [-0.4, -0.2) is 35.7 Å². The number of hydrogen-bond donors (Lipinski definition) is 3. The van der Waals surface area contributed by atoms with Gasteiger partial charge >= 0.3 is 0 Å². The minimum absolute atomic E-state index is 0.207. The van der Waals surface area contributed by atoms with Crippen molar-refractivity contribution in [2.75, 3.05) is 30.4 Å². The van der Waals surface area contributed by atoms with Gasteiger partial charge in [-0.15, -0.1) is 0 Å². The van der Waals surface area contributed by atoms with Gasteiger partial charge in [-0.1, -0.05) is 11.6 Å². The van der Waals surface area contributed by atoms with Crippen LogP contribution < -0.4 is 11.1 Å². The zero-order valence-corrected chi connectivity index (χ0v) is 11.6. The summed E-state index contributed by atoms with van der Waals surface area (Å²) in [6, 6.07) is 4.84. The zero-order valence-electron chi connectivity index (χ0n) is 9.99. The van der Waals surface area contributed by atoms with Crippen molar-refractivity contribution in [2.24, 2.45) is 0 Å². The predicted octanol–water partition coefficient (Wildman–Crippen LogP) is 1.77. The number of carbonyl (C=O) groups excluding carboxylic acids is 1. The highest BCUT2D eigenvalue weighted by Gasteiger charge is 2.09. The average Bonchev–Trinajstić information content (AvgIpc) is 2.36. The Kier molecular flexibility index (Phi) is 6.93. The fourth-order valence-electron chi connectivity index (χ4n) is 1.32. The summed E-state index contributed by atoms with van der Waals surface area (Å²) in [5, 5.41) is 11.8. The topological polar surface area (TPSA) is 75.4 Å². The lowest BCUT2D eigenvalue weighted by molar-refractivity contribution is 0.0956. The minimum Gasteiger partial charge on any atom is -0.399 e. The number of amides is 1. The van der Waals surface area contributed by atoms with Crippen LogP contribution in [0, 0.1) is 0 Å². The Labute approximate surface area is 116 Å². The Balaban J connectivity index is 2.34. The van der Waals surface area contributed by atoms with Gasteiger partial charge in [0.2, 0.25) is 0 Å².